The minimum Gasteiger partial charge on any atom is -0.393 e. The standard InChI is InChI=1S/C16H32O/c1-5-7-14(8-6-2)16(17)15-10-9-12(3)13(4)11-15/h12-17H,5-11H2,1-4H3. The summed E-state index contributed by atoms with van der Waals surface area (Å²) < 4.78 is 0. The molecule has 102 valence electrons. The summed E-state index contributed by atoms with van der Waals surface area (Å²) in [4.78, 5) is 0. The summed E-state index contributed by atoms with van der Waals surface area (Å²) in [5.41, 5.74) is 0. The molecule has 1 N–H and O–H groups in total. The molecule has 1 aliphatic carbocycles. The van der Waals surface area contributed by atoms with Crippen LogP contribution in [0, 0.1) is 23.7 Å². The van der Waals surface area contributed by atoms with Gasteiger partial charge >= 0.3 is 0 Å². The van der Waals surface area contributed by atoms with Crippen LogP contribution in [0.5, 0.6) is 0 Å². The number of aliphatic hydroxyl groups is 1. The summed E-state index contributed by atoms with van der Waals surface area (Å²) in [5.74, 6) is 2.78. The highest BCUT2D eigenvalue weighted by Crippen LogP contribution is 2.38. The second kappa shape index (κ2) is 7.41. The fraction of sp³-hybridized carbons (Fsp3) is 1.00. The van der Waals surface area contributed by atoms with Crippen molar-refractivity contribution in [2.24, 2.45) is 23.7 Å². The van der Waals surface area contributed by atoms with Gasteiger partial charge in [0.1, 0.15) is 0 Å². The molecule has 4 unspecified atom stereocenters. The van der Waals surface area contributed by atoms with Gasteiger partial charge in [0.05, 0.1) is 6.10 Å². The summed E-state index contributed by atoms with van der Waals surface area (Å²) >= 11 is 0. The molecule has 0 heterocycles. The zero-order valence-corrected chi connectivity index (χ0v) is 12.3. The van der Waals surface area contributed by atoms with Gasteiger partial charge in [-0.25, -0.2) is 0 Å². The van der Waals surface area contributed by atoms with E-state index in [-0.39, 0.29) is 6.10 Å². The SMILES string of the molecule is CCCC(CCC)C(O)C1CCC(C)C(C)C1. The van der Waals surface area contributed by atoms with E-state index < -0.39 is 0 Å². The van der Waals surface area contributed by atoms with Gasteiger partial charge in [0.25, 0.3) is 0 Å². The molecule has 0 aliphatic heterocycles. The first-order valence-electron chi connectivity index (χ1n) is 7.78. The van der Waals surface area contributed by atoms with Crippen molar-refractivity contribution in [3.8, 4) is 0 Å². The first-order valence-corrected chi connectivity index (χ1v) is 7.78. The van der Waals surface area contributed by atoms with Crippen LogP contribution in [0.3, 0.4) is 0 Å². The van der Waals surface area contributed by atoms with E-state index in [9.17, 15) is 5.11 Å². The van der Waals surface area contributed by atoms with Crippen molar-refractivity contribution in [3.63, 3.8) is 0 Å². The number of aliphatic hydroxyl groups excluding tert-OH is 1. The van der Waals surface area contributed by atoms with Crippen LogP contribution >= 0.6 is 0 Å². The van der Waals surface area contributed by atoms with Crippen molar-refractivity contribution >= 4 is 0 Å². The molecule has 1 aliphatic rings. The van der Waals surface area contributed by atoms with Crippen LogP contribution in [0.25, 0.3) is 0 Å². The lowest BCUT2D eigenvalue weighted by atomic mass is 9.71. The van der Waals surface area contributed by atoms with Gasteiger partial charge in [0.15, 0.2) is 0 Å². The Morgan fingerprint density at radius 1 is 1.00 bits per heavy atom. The maximum Gasteiger partial charge on any atom is 0.0596 e. The number of hydrogen-bond donors (Lipinski definition) is 1. The fourth-order valence-corrected chi connectivity index (χ4v) is 3.51. The Morgan fingerprint density at radius 3 is 2.06 bits per heavy atom. The normalized spacial score (nSPS) is 31.8. The van der Waals surface area contributed by atoms with E-state index in [1.807, 2.05) is 0 Å². The zero-order valence-electron chi connectivity index (χ0n) is 12.3. The molecule has 0 saturated heterocycles. The van der Waals surface area contributed by atoms with Crippen molar-refractivity contribution in [2.45, 2.75) is 78.7 Å². The minimum absolute atomic E-state index is 0.0372. The zero-order chi connectivity index (χ0) is 12.8. The van der Waals surface area contributed by atoms with Gasteiger partial charge in [-0.2, -0.15) is 0 Å². The molecule has 1 saturated carbocycles. The molecule has 0 amide bonds. The maximum absolute atomic E-state index is 10.6. The smallest absolute Gasteiger partial charge is 0.0596 e. The Kier molecular flexibility index (Phi) is 6.54. The van der Waals surface area contributed by atoms with E-state index in [4.69, 9.17) is 0 Å². The number of hydrogen-bond acceptors (Lipinski definition) is 1. The third kappa shape index (κ3) is 4.28. The van der Waals surface area contributed by atoms with Gasteiger partial charge in [-0.05, 0) is 49.4 Å². The summed E-state index contributed by atoms with van der Waals surface area (Å²) in [6.07, 6.45) is 8.59. The molecule has 0 aromatic heterocycles. The topological polar surface area (TPSA) is 20.2 Å². The third-order valence-corrected chi connectivity index (χ3v) is 4.92. The molecule has 1 nitrogen and oxygen atoms in total. The van der Waals surface area contributed by atoms with Crippen molar-refractivity contribution in [1.29, 1.82) is 0 Å². The Bertz CT molecular complexity index is 196. The van der Waals surface area contributed by atoms with Gasteiger partial charge in [-0.3, -0.25) is 0 Å². The summed E-state index contributed by atoms with van der Waals surface area (Å²) in [6.45, 7) is 9.20. The molecule has 0 spiro atoms. The Hall–Kier alpha value is -0.0400. The largest absolute Gasteiger partial charge is 0.393 e. The van der Waals surface area contributed by atoms with E-state index in [1.165, 1.54) is 44.9 Å². The van der Waals surface area contributed by atoms with Gasteiger partial charge in [0, 0.05) is 0 Å². The van der Waals surface area contributed by atoms with Crippen molar-refractivity contribution < 1.29 is 5.11 Å². The van der Waals surface area contributed by atoms with E-state index in [0.29, 0.717) is 11.8 Å². The van der Waals surface area contributed by atoms with Crippen LogP contribution in [0.2, 0.25) is 0 Å². The highest BCUT2D eigenvalue weighted by molar-refractivity contribution is 4.83. The molecule has 0 aromatic rings. The van der Waals surface area contributed by atoms with E-state index in [1.54, 1.807) is 0 Å². The van der Waals surface area contributed by atoms with Crippen LogP contribution in [0.15, 0.2) is 0 Å². The second-order valence-corrected chi connectivity index (χ2v) is 6.36. The minimum atomic E-state index is -0.0372. The molecule has 17 heavy (non-hydrogen) atoms. The Balaban J connectivity index is 2.51. The molecule has 0 aromatic carbocycles. The average molecular weight is 240 g/mol. The summed E-state index contributed by atoms with van der Waals surface area (Å²) in [5, 5.41) is 10.6. The van der Waals surface area contributed by atoms with Crippen LogP contribution < -0.4 is 0 Å². The summed E-state index contributed by atoms with van der Waals surface area (Å²) in [6, 6.07) is 0. The van der Waals surface area contributed by atoms with Crippen LogP contribution in [-0.4, -0.2) is 11.2 Å². The van der Waals surface area contributed by atoms with E-state index >= 15 is 0 Å². The van der Waals surface area contributed by atoms with Crippen molar-refractivity contribution in [3.05, 3.63) is 0 Å². The Labute approximate surface area is 108 Å². The van der Waals surface area contributed by atoms with Gasteiger partial charge in [-0.1, -0.05) is 47.0 Å². The van der Waals surface area contributed by atoms with E-state index in [0.717, 1.165) is 11.8 Å². The predicted octanol–water partition coefficient (Wildman–Crippen LogP) is 4.64. The fourth-order valence-electron chi connectivity index (χ4n) is 3.51. The predicted molar refractivity (Wildman–Crippen MR) is 75.0 cm³/mol. The highest BCUT2D eigenvalue weighted by Gasteiger charge is 2.32. The van der Waals surface area contributed by atoms with Crippen molar-refractivity contribution in [2.75, 3.05) is 0 Å². The van der Waals surface area contributed by atoms with Crippen LogP contribution in [0.4, 0.5) is 0 Å². The quantitative estimate of drug-likeness (QED) is 0.717. The van der Waals surface area contributed by atoms with Crippen LogP contribution in [0.1, 0.15) is 72.6 Å². The maximum atomic E-state index is 10.6. The first kappa shape index (κ1) is 15.0. The van der Waals surface area contributed by atoms with Crippen molar-refractivity contribution in [1.82, 2.24) is 0 Å². The molecule has 0 radical (unpaired) electrons. The molecule has 1 fully saturated rings. The third-order valence-electron chi connectivity index (χ3n) is 4.92. The lowest BCUT2D eigenvalue weighted by molar-refractivity contribution is 0.00789. The monoisotopic (exact) mass is 240 g/mol. The molecule has 1 rings (SSSR count). The molecule has 0 bridgehead atoms. The molecular formula is C16H32O. The van der Waals surface area contributed by atoms with Gasteiger partial charge in [0.2, 0.25) is 0 Å². The van der Waals surface area contributed by atoms with Gasteiger partial charge in [-0.15, -0.1) is 0 Å². The van der Waals surface area contributed by atoms with Crippen LogP contribution in [-0.2, 0) is 0 Å². The lowest BCUT2D eigenvalue weighted by Crippen LogP contribution is -2.34. The molecular weight excluding hydrogens is 208 g/mol. The highest BCUT2D eigenvalue weighted by atomic mass is 16.3. The lowest BCUT2D eigenvalue weighted by Gasteiger charge is -2.37. The first-order chi connectivity index (χ1) is 8.10. The molecule has 1 heteroatoms. The van der Waals surface area contributed by atoms with E-state index in [2.05, 4.69) is 27.7 Å². The number of rotatable bonds is 6. The average Bonchev–Trinajstić information content (AvgIpc) is 2.31. The molecule has 4 atom stereocenters. The second-order valence-electron chi connectivity index (χ2n) is 6.36. The van der Waals surface area contributed by atoms with Gasteiger partial charge < -0.3 is 5.11 Å². The Morgan fingerprint density at radius 2 is 1.59 bits per heavy atom. The summed E-state index contributed by atoms with van der Waals surface area (Å²) in [7, 11) is 0.